The van der Waals surface area contributed by atoms with E-state index in [0.717, 1.165) is 18.0 Å². The van der Waals surface area contributed by atoms with Crippen LogP contribution in [0.3, 0.4) is 0 Å². The Kier molecular flexibility index (Phi) is 4.35. The number of hydrogen-bond donors (Lipinski definition) is 1. The fraction of sp³-hybridized carbons (Fsp3) is 0.524. The standard InChI is InChI=1S/C21H27N3O2/c1-2-4-10-23(9-3-1)11-6-8-22-21-16-13-19-20(26-15-25-19)14-18(16)24-12-5-7-17(21)24/h5,7,12-14,21-22H,1-4,6,8-11,15H2. The minimum atomic E-state index is 0.235. The van der Waals surface area contributed by atoms with Crippen molar-refractivity contribution in [1.29, 1.82) is 0 Å². The molecule has 3 aliphatic heterocycles. The molecule has 26 heavy (non-hydrogen) atoms. The highest BCUT2D eigenvalue weighted by Gasteiger charge is 2.31. The molecule has 1 fully saturated rings. The predicted octanol–water partition coefficient (Wildman–Crippen LogP) is 3.46. The van der Waals surface area contributed by atoms with E-state index >= 15 is 0 Å². The first kappa shape index (κ1) is 16.2. The van der Waals surface area contributed by atoms with Gasteiger partial charge in [-0.05, 0) is 63.6 Å². The van der Waals surface area contributed by atoms with Gasteiger partial charge in [-0.1, -0.05) is 12.8 Å². The van der Waals surface area contributed by atoms with Gasteiger partial charge in [0.1, 0.15) is 0 Å². The Morgan fingerprint density at radius 2 is 1.85 bits per heavy atom. The topological polar surface area (TPSA) is 38.7 Å². The van der Waals surface area contributed by atoms with Gasteiger partial charge in [0.05, 0.1) is 11.7 Å². The van der Waals surface area contributed by atoms with Crippen LogP contribution in [0, 0.1) is 0 Å². The number of fused-ring (bicyclic) bond motifs is 4. The van der Waals surface area contributed by atoms with E-state index in [1.165, 1.54) is 68.7 Å². The van der Waals surface area contributed by atoms with Gasteiger partial charge in [0.15, 0.2) is 11.5 Å². The van der Waals surface area contributed by atoms with E-state index in [-0.39, 0.29) is 6.04 Å². The molecule has 3 aliphatic rings. The molecule has 1 aromatic heterocycles. The fourth-order valence-corrected chi connectivity index (χ4v) is 4.52. The fourth-order valence-electron chi connectivity index (χ4n) is 4.52. The van der Waals surface area contributed by atoms with Crippen molar-refractivity contribution in [2.75, 3.05) is 33.0 Å². The molecule has 2 aromatic rings. The van der Waals surface area contributed by atoms with Crippen molar-refractivity contribution in [3.63, 3.8) is 0 Å². The first-order valence-corrected chi connectivity index (χ1v) is 9.97. The Hall–Kier alpha value is -1.98. The highest BCUT2D eigenvalue weighted by atomic mass is 16.7. The molecule has 1 unspecified atom stereocenters. The van der Waals surface area contributed by atoms with Gasteiger partial charge in [0.2, 0.25) is 6.79 Å². The average Bonchev–Trinajstić information content (AvgIpc) is 3.30. The summed E-state index contributed by atoms with van der Waals surface area (Å²) in [7, 11) is 0. The van der Waals surface area contributed by atoms with Gasteiger partial charge in [-0.3, -0.25) is 0 Å². The van der Waals surface area contributed by atoms with Crippen LogP contribution in [0.1, 0.15) is 49.4 Å². The normalized spacial score (nSPS) is 21.5. The third-order valence-corrected chi connectivity index (χ3v) is 5.87. The maximum atomic E-state index is 5.60. The van der Waals surface area contributed by atoms with Gasteiger partial charge >= 0.3 is 0 Å². The Labute approximate surface area is 154 Å². The molecule has 1 atom stereocenters. The molecule has 0 radical (unpaired) electrons. The van der Waals surface area contributed by atoms with Crippen LogP contribution in [0.2, 0.25) is 0 Å². The quantitative estimate of drug-likeness (QED) is 0.836. The van der Waals surface area contributed by atoms with E-state index in [1.807, 2.05) is 0 Å². The van der Waals surface area contributed by atoms with Crippen molar-refractivity contribution in [2.45, 2.75) is 38.1 Å². The number of ether oxygens (including phenoxy) is 2. The highest BCUT2D eigenvalue weighted by Crippen LogP contribution is 2.44. The Morgan fingerprint density at radius 1 is 1.04 bits per heavy atom. The van der Waals surface area contributed by atoms with Crippen molar-refractivity contribution in [3.05, 3.63) is 41.7 Å². The maximum Gasteiger partial charge on any atom is 0.231 e. The van der Waals surface area contributed by atoms with Gasteiger partial charge in [0, 0.05) is 23.5 Å². The van der Waals surface area contributed by atoms with E-state index in [2.05, 4.69) is 45.2 Å². The van der Waals surface area contributed by atoms with E-state index in [1.54, 1.807) is 0 Å². The molecule has 4 heterocycles. The second-order valence-corrected chi connectivity index (χ2v) is 7.56. The van der Waals surface area contributed by atoms with E-state index < -0.39 is 0 Å². The van der Waals surface area contributed by atoms with Crippen LogP contribution in [-0.4, -0.2) is 42.4 Å². The summed E-state index contributed by atoms with van der Waals surface area (Å²) in [6.07, 6.45) is 8.86. The molecule has 138 valence electrons. The number of hydrogen-bond acceptors (Lipinski definition) is 4. The zero-order valence-electron chi connectivity index (χ0n) is 15.2. The molecule has 1 saturated heterocycles. The molecule has 1 N–H and O–H groups in total. The Morgan fingerprint density at radius 3 is 2.69 bits per heavy atom. The minimum absolute atomic E-state index is 0.235. The monoisotopic (exact) mass is 353 g/mol. The Balaban J connectivity index is 1.26. The molecular weight excluding hydrogens is 326 g/mol. The zero-order valence-corrected chi connectivity index (χ0v) is 15.2. The molecule has 0 saturated carbocycles. The first-order chi connectivity index (χ1) is 12.9. The smallest absolute Gasteiger partial charge is 0.231 e. The lowest BCUT2D eigenvalue weighted by Gasteiger charge is -2.20. The van der Waals surface area contributed by atoms with Gasteiger partial charge < -0.3 is 24.3 Å². The van der Waals surface area contributed by atoms with Crippen LogP contribution in [0.15, 0.2) is 30.5 Å². The zero-order chi connectivity index (χ0) is 17.3. The SMILES string of the molecule is c1cc2n(c1)-c1cc3c(cc1C2NCCCN1CCCCCC1)OCO3. The van der Waals surface area contributed by atoms with Crippen LogP contribution < -0.4 is 14.8 Å². The van der Waals surface area contributed by atoms with Gasteiger partial charge in [0.25, 0.3) is 0 Å². The summed E-state index contributed by atoms with van der Waals surface area (Å²) in [6.45, 7) is 5.11. The number of aromatic nitrogens is 1. The average molecular weight is 353 g/mol. The first-order valence-electron chi connectivity index (χ1n) is 9.97. The van der Waals surface area contributed by atoms with Crippen LogP contribution in [0.4, 0.5) is 0 Å². The number of rotatable bonds is 5. The summed E-state index contributed by atoms with van der Waals surface area (Å²) < 4.78 is 13.4. The van der Waals surface area contributed by atoms with Crippen molar-refractivity contribution >= 4 is 0 Å². The van der Waals surface area contributed by atoms with Crippen molar-refractivity contribution in [1.82, 2.24) is 14.8 Å². The third-order valence-electron chi connectivity index (χ3n) is 5.87. The lowest BCUT2D eigenvalue weighted by Crippen LogP contribution is -2.29. The lowest BCUT2D eigenvalue weighted by atomic mass is 10.0. The van der Waals surface area contributed by atoms with E-state index in [4.69, 9.17) is 9.47 Å². The summed E-state index contributed by atoms with van der Waals surface area (Å²) in [5.41, 5.74) is 3.80. The van der Waals surface area contributed by atoms with Crippen LogP contribution in [-0.2, 0) is 0 Å². The summed E-state index contributed by atoms with van der Waals surface area (Å²) in [5.74, 6) is 1.72. The minimum Gasteiger partial charge on any atom is -0.454 e. The van der Waals surface area contributed by atoms with Crippen molar-refractivity contribution < 1.29 is 9.47 Å². The number of nitrogens with zero attached hydrogens (tertiary/aromatic N) is 2. The van der Waals surface area contributed by atoms with Crippen molar-refractivity contribution in [3.8, 4) is 17.2 Å². The summed E-state index contributed by atoms with van der Waals surface area (Å²) in [5, 5.41) is 3.78. The molecule has 5 nitrogen and oxygen atoms in total. The van der Waals surface area contributed by atoms with E-state index in [0.29, 0.717) is 6.79 Å². The molecular formula is C21H27N3O2. The van der Waals surface area contributed by atoms with Crippen LogP contribution >= 0.6 is 0 Å². The molecule has 0 aliphatic carbocycles. The summed E-state index contributed by atoms with van der Waals surface area (Å²) >= 11 is 0. The third kappa shape index (κ3) is 2.89. The maximum absolute atomic E-state index is 5.60. The lowest BCUT2D eigenvalue weighted by molar-refractivity contribution is 0.174. The summed E-state index contributed by atoms with van der Waals surface area (Å²) in [4.78, 5) is 2.64. The van der Waals surface area contributed by atoms with Crippen LogP contribution in [0.25, 0.3) is 5.69 Å². The van der Waals surface area contributed by atoms with Gasteiger partial charge in [-0.2, -0.15) is 0 Å². The van der Waals surface area contributed by atoms with Gasteiger partial charge in [-0.25, -0.2) is 0 Å². The molecule has 1 aromatic carbocycles. The molecule has 5 heteroatoms. The molecule has 0 amide bonds. The largest absolute Gasteiger partial charge is 0.454 e. The number of nitrogens with one attached hydrogen (secondary N) is 1. The Bertz CT molecular complexity index is 778. The molecule has 5 rings (SSSR count). The molecule has 0 spiro atoms. The van der Waals surface area contributed by atoms with E-state index in [9.17, 15) is 0 Å². The van der Waals surface area contributed by atoms with Gasteiger partial charge in [-0.15, -0.1) is 0 Å². The van der Waals surface area contributed by atoms with Crippen LogP contribution in [0.5, 0.6) is 11.5 Å². The highest BCUT2D eigenvalue weighted by molar-refractivity contribution is 5.61. The second-order valence-electron chi connectivity index (χ2n) is 7.56. The number of benzene rings is 1. The second kappa shape index (κ2) is 6.97. The van der Waals surface area contributed by atoms with Crippen molar-refractivity contribution in [2.24, 2.45) is 0 Å². The predicted molar refractivity (Wildman–Crippen MR) is 101 cm³/mol. The molecule has 0 bridgehead atoms. The summed E-state index contributed by atoms with van der Waals surface area (Å²) in [6, 6.07) is 8.82. The number of likely N-dealkylation sites (tertiary alicyclic amines) is 1.